The SMILES string of the molecule is CC(C)(C)P1(=O)CCS(=N)(=O)CC1. The predicted octanol–water partition coefficient (Wildman–Crippen LogP) is 2.21. The Morgan fingerprint density at radius 1 is 1.23 bits per heavy atom. The zero-order chi connectivity index (χ0) is 10.3. The van der Waals surface area contributed by atoms with Gasteiger partial charge in [0.15, 0.2) is 0 Å². The van der Waals surface area contributed by atoms with Gasteiger partial charge in [0.25, 0.3) is 0 Å². The standard InChI is InChI=1S/C8H18NO2PS/c1-8(2,3)12(10)4-6-13(9,11)7-5-12/h9H,4-7H2,1-3H3. The van der Waals surface area contributed by atoms with Gasteiger partial charge in [0.1, 0.15) is 0 Å². The minimum atomic E-state index is -2.39. The molecular weight excluding hydrogens is 205 g/mol. The predicted molar refractivity (Wildman–Crippen MR) is 57.7 cm³/mol. The molecule has 0 aromatic heterocycles. The average Bonchev–Trinajstić information content (AvgIpc) is 1.94. The van der Waals surface area contributed by atoms with Gasteiger partial charge in [-0.1, -0.05) is 20.8 Å². The van der Waals surface area contributed by atoms with E-state index in [1.54, 1.807) is 0 Å². The highest BCUT2D eigenvalue weighted by Gasteiger charge is 2.39. The van der Waals surface area contributed by atoms with Gasteiger partial charge in [0, 0.05) is 38.7 Å². The first-order valence-electron chi connectivity index (χ1n) is 4.49. The van der Waals surface area contributed by atoms with Gasteiger partial charge >= 0.3 is 0 Å². The number of nitrogens with one attached hydrogen (secondary N) is 1. The maximum atomic E-state index is 12.3. The lowest BCUT2D eigenvalue weighted by Gasteiger charge is -2.34. The summed E-state index contributed by atoms with van der Waals surface area (Å²) in [5.74, 6) is 0.670. The summed E-state index contributed by atoms with van der Waals surface area (Å²) in [4.78, 5) is 0. The molecule has 0 unspecified atom stereocenters. The van der Waals surface area contributed by atoms with Crippen LogP contribution in [0.25, 0.3) is 0 Å². The summed E-state index contributed by atoms with van der Waals surface area (Å²) in [6.45, 7) is 5.93. The Bertz CT molecular complexity index is 322. The van der Waals surface area contributed by atoms with E-state index in [0.717, 1.165) is 0 Å². The van der Waals surface area contributed by atoms with Gasteiger partial charge in [-0.05, 0) is 0 Å². The quantitative estimate of drug-likeness (QED) is 0.640. The molecule has 0 amide bonds. The summed E-state index contributed by atoms with van der Waals surface area (Å²) in [6.07, 6.45) is 0.998. The van der Waals surface area contributed by atoms with E-state index in [1.165, 1.54) is 0 Å². The van der Waals surface area contributed by atoms with Gasteiger partial charge in [0.2, 0.25) is 0 Å². The topological polar surface area (TPSA) is 58.0 Å². The highest BCUT2D eigenvalue weighted by molar-refractivity contribution is 7.94. The Hall–Kier alpha value is 0.180. The molecular formula is C8H18NO2PS. The Morgan fingerprint density at radius 3 is 1.92 bits per heavy atom. The lowest BCUT2D eigenvalue weighted by Crippen LogP contribution is -2.30. The summed E-state index contributed by atoms with van der Waals surface area (Å²) in [5.41, 5.74) is 0. The second-order valence-corrected chi connectivity index (χ2v) is 11.2. The second-order valence-electron chi connectivity index (χ2n) is 4.73. The fraction of sp³-hybridized carbons (Fsp3) is 1.00. The summed E-state index contributed by atoms with van der Waals surface area (Å²) in [7, 11) is -4.56. The van der Waals surface area contributed by atoms with E-state index in [-0.39, 0.29) is 5.16 Å². The second kappa shape index (κ2) is 3.09. The van der Waals surface area contributed by atoms with Crippen molar-refractivity contribution in [2.45, 2.75) is 25.9 Å². The van der Waals surface area contributed by atoms with E-state index >= 15 is 0 Å². The van der Waals surface area contributed by atoms with Crippen LogP contribution in [0.3, 0.4) is 0 Å². The Labute approximate surface area is 80.6 Å². The molecule has 0 aromatic rings. The molecule has 0 radical (unpaired) electrons. The molecule has 0 aliphatic carbocycles. The fourth-order valence-corrected chi connectivity index (χ4v) is 7.96. The van der Waals surface area contributed by atoms with Crippen LogP contribution in [0.4, 0.5) is 0 Å². The van der Waals surface area contributed by atoms with Crippen molar-refractivity contribution in [1.82, 2.24) is 0 Å². The van der Waals surface area contributed by atoms with Crippen molar-refractivity contribution in [2.75, 3.05) is 23.8 Å². The van der Waals surface area contributed by atoms with E-state index < -0.39 is 16.9 Å². The third-order valence-corrected chi connectivity index (χ3v) is 9.46. The zero-order valence-electron chi connectivity index (χ0n) is 8.50. The smallest absolute Gasteiger partial charge is 0.0946 e. The van der Waals surface area contributed by atoms with Gasteiger partial charge in [-0.3, -0.25) is 4.78 Å². The first-order chi connectivity index (χ1) is 5.66. The van der Waals surface area contributed by atoms with Crippen molar-refractivity contribution in [3.05, 3.63) is 0 Å². The number of hydrogen-bond donors (Lipinski definition) is 1. The van der Waals surface area contributed by atoms with Crippen molar-refractivity contribution in [1.29, 1.82) is 4.78 Å². The van der Waals surface area contributed by atoms with E-state index in [0.29, 0.717) is 23.8 Å². The molecule has 1 heterocycles. The van der Waals surface area contributed by atoms with E-state index in [1.807, 2.05) is 20.8 Å². The molecule has 0 saturated carbocycles. The largest absolute Gasteiger partial charge is 0.323 e. The van der Waals surface area contributed by atoms with Crippen LogP contribution in [0.15, 0.2) is 0 Å². The van der Waals surface area contributed by atoms with E-state index in [9.17, 15) is 8.77 Å². The molecule has 3 nitrogen and oxygen atoms in total. The van der Waals surface area contributed by atoms with Crippen molar-refractivity contribution < 1.29 is 8.77 Å². The summed E-state index contributed by atoms with van der Waals surface area (Å²) >= 11 is 0. The lowest BCUT2D eigenvalue weighted by atomic mass is 10.3. The normalized spacial score (nSPS) is 41.8. The molecule has 0 atom stereocenters. The number of hydrogen-bond acceptors (Lipinski definition) is 3. The van der Waals surface area contributed by atoms with Crippen molar-refractivity contribution >= 4 is 16.9 Å². The molecule has 5 heteroatoms. The molecule has 1 fully saturated rings. The molecule has 1 rings (SSSR count). The van der Waals surface area contributed by atoms with Crippen LogP contribution in [0.5, 0.6) is 0 Å². The maximum Gasteiger partial charge on any atom is 0.0946 e. The van der Waals surface area contributed by atoms with Crippen molar-refractivity contribution in [2.24, 2.45) is 0 Å². The highest BCUT2D eigenvalue weighted by Crippen LogP contribution is 2.58. The van der Waals surface area contributed by atoms with Crippen LogP contribution in [0, 0.1) is 4.78 Å². The minimum absolute atomic E-state index is 0.178. The first kappa shape index (κ1) is 11.3. The van der Waals surface area contributed by atoms with Crippen molar-refractivity contribution in [3.8, 4) is 0 Å². The Kier molecular flexibility index (Phi) is 2.68. The fourth-order valence-electron chi connectivity index (χ4n) is 1.47. The van der Waals surface area contributed by atoms with Crippen LogP contribution in [0.1, 0.15) is 20.8 Å². The van der Waals surface area contributed by atoms with Crippen molar-refractivity contribution in [3.63, 3.8) is 0 Å². The van der Waals surface area contributed by atoms with Gasteiger partial charge in [-0.2, -0.15) is 0 Å². The molecule has 1 saturated heterocycles. The summed E-state index contributed by atoms with van der Waals surface area (Å²) < 4.78 is 31.1. The molecule has 13 heavy (non-hydrogen) atoms. The van der Waals surface area contributed by atoms with Crippen LogP contribution < -0.4 is 0 Å². The van der Waals surface area contributed by atoms with Gasteiger partial charge in [-0.25, -0.2) is 4.21 Å². The van der Waals surface area contributed by atoms with Crippen LogP contribution >= 0.6 is 7.14 Å². The van der Waals surface area contributed by atoms with Crippen LogP contribution in [-0.4, -0.2) is 33.2 Å². The average molecular weight is 223 g/mol. The van der Waals surface area contributed by atoms with Gasteiger partial charge in [0.05, 0.1) is 7.14 Å². The van der Waals surface area contributed by atoms with Crippen LogP contribution in [-0.2, 0) is 14.3 Å². The van der Waals surface area contributed by atoms with Gasteiger partial charge in [-0.15, -0.1) is 0 Å². The third-order valence-electron chi connectivity index (χ3n) is 2.79. The molecule has 0 bridgehead atoms. The molecule has 78 valence electrons. The van der Waals surface area contributed by atoms with Gasteiger partial charge < -0.3 is 4.57 Å². The van der Waals surface area contributed by atoms with Crippen LogP contribution in [0.2, 0.25) is 0 Å². The highest BCUT2D eigenvalue weighted by atomic mass is 32.2. The van der Waals surface area contributed by atoms with E-state index in [4.69, 9.17) is 4.78 Å². The molecule has 0 spiro atoms. The monoisotopic (exact) mass is 223 g/mol. The first-order valence-corrected chi connectivity index (χ1v) is 8.46. The Morgan fingerprint density at radius 2 is 1.62 bits per heavy atom. The lowest BCUT2D eigenvalue weighted by molar-refractivity contribution is 0.548. The minimum Gasteiger partial charge on any atom is -0.323 e. The maximum absolute atomic E-state index is 12.3. The third kappa shape index (κ3) is 2.35. The van der Waals surface area contributed by atoms with E-state index in [2.05, 4.69) is 0 Å². The summed E-state index contributed by atoms with van der Waals surface area (Å²) in [5, 5.41) is -0.178. The molecule has 1 aliphatic heterocycles. The summed E-state index contributed by atoms with van der Waals surface area (Å²) in [6, 6.07) is 0. The molecule has 0 aromatic carbocycles. The molecule has 1 N–H and O–H groups in total. The molecule has 1 aliphatic rings. The Balaban J connectivity index is 2.86. The number of rotatable bonds is 0. The zero-order valence-corrected chi connectivity index (χ0v) is 10.2.